The lowest BCUT2D eigenvalue weighted by Gasteiger charge is -2.15. The van der Waals surface area contributed by atoms with E-state index in [0.717, 1.165) is 17.0 Å². The van der Waals surface area contributed by atoms with Gasteiger partial charge in [0.1, 0.15) is 11.6 Å². The lowest BCUT2D eigenvalue weighted by Crippen LogP contribution is -2.30. The largest absolute Gasteiger partial charge is 0.491 e. The van der Waals surface area contributed by atoms with E-state index in [1.807, 2.05) is 51.1 Å². The van der Waals surface area contributed by atoms with Crippen molar-refractivity contribution in [1.82, 2.24) is 4.57 Å². The van der Waals surface area contributed by atoms with Crippen molar-refractivity contribution in [2.24, 2.45) is 5.73 Å². The summed E-state index contributed by atoms with van der Waals surface area (Å²) in [4.78, 5) is 12.4. The summed E-state index contributed by atoms with van der Waals surface area (Å²) in [7, 11) is 0. The summed E-state index contributed by atoms with van der Waals surface area (Å²) in [5.41, 5.74) is 7.11. The summed E-state index contributed by atoms with van der Waals surface area (Å²) in [6.45, 7) is 6.33. The molecule has 2 rings (SSSR count). The Bertz CT molecular complexity index is 748. The zero-order valence-electron chi connectivity index (χ0n) is 13.1. The normalized spacial score (nSPS) is 10.7. The van der Waals surface area contributed by atoms with Crippen LogP contribution in [0.15, 0.2) is 41.2 Å². The Labute approximate surface area is 129 Å². The van der Waals surface area contributed by atoms with Gasteiger partial charge in [0.15, 0.2) is 0 Å². The van der Waals surface area contributed by atoms with Gasteiger partial charge in [0.2, 0.25) is 0 Å². The van der Waals surface area contributed by atoms with E-state index in [9.17, 15) is 4.79 Å². The van der Waals surface area contributed by atoms with Crippen LogP contribution in [0.3, 0.4) is 0 Å². The van der Waals surface area contributed by atoms with Crippen LogP contribution in [-0.4, -0.2) is 16.5 Å². The van der Waals surface area contributed by atoms with Crippen molar-refractivity contribution in [3.8, 4) is 17.0 Å². The van der Waals surface area contributed by atoms with E-state index in [2.05, 4.69) is 0 Å². The van der Waals surface area contributed by atoms with Crippen molar-refractivity contribution < 1.29 is 4.74 Å². The van der Waals surface area contributed by atoms with Crippen molar-refractivity contribution in [2.45, 2.75) is 33.4 Å². The fourth-order valence-electron chi connectivity index (χ4n) is 2.35. The van der Waals surface area contributed by atoms with E-state index >= 15 is 0 Å². The average molecular weight is 299 g/mol. The Morgan fingerprint density at radius 2 is 2.05 bits per heavy atom. The molecule has 3 N–H and O–H groups in total. The molecule has 0 saturated carbocycles. The monoisotopic (exact) mass is 299 g/mol. The lowest BCUT2D eigenvalue weighted by atomic mass is 10.1. The molecule has 0 aliphatic rings. The van der Waals surface area contributed by atoms with E-state index in [1.165, 1.54) is 0 Å². The molecule has 1 aromatic heterocycles. The van der Waals surface area contributed by atoms with Crippen molar-refractivity contribution in [3.05, 3.63) is 52.3 Å². The second-order valence-corrected chi connectivity index (χ2v) is 5.29. The summed E-state index contributed by atoms with van der Waals surface area (Å²) >= 11 is 0. The van der Waals surface area contributed by atoms with E-state index in [1.54, 1.807) is 10.6 Å². The first-order valence-corrected chi connectivity index (χ1v) is 7.29. The topological polar surface area (TPSA) is 81.1 Å². The van der Waals surface area contributed by atoms with Gasteiger partial charge in [-0.1, -0.05) is 12.1 Å². The van der Waals surface area contributed by atoms with E-state index in [-0.39, 0.29) is 23.1 Å². The molecule has 0 bridgehead atoms. The number of nitrogens with zero attached hydrogens (tertiary/aromatic N) is 1. The molecule has 5 heteroatoms. The number of hydrogen-bond donors (Lipinski definition) is 2. The second kappa shape index (κ2) is 6.47. The maximum absolute atomic E-state index is 12.4. The van der Waals surface area contributed by atoms with E-state index in [0.29, 0.717) is 6.54 Å². The summed E-state index contributed by atoms with van der Waals surface area (Å²) in [5, 5.41) is 7.48. The average Bonchev–Trinajstić information content (AvgIpc) is 2.46. The van der Waals surface area contributed by atoms with Crippen molar-refractivity contribution in [1.29, 1.82) is 5.41 Å². The lowest BCUT2D eigenvalue weighted by molar-refractivity contribution is 0.242. The number of hydrogen-bond acceptors (Lipinski definition) is 3. The molecule has 0 spiro atoms. The number of ether oxygens (including phenoxy) is 1. The van der Waals surface area contributed by atoms with E-state index in [4.69, 9.17) is 15.9 Å². The molecule has 5 nitrogen and oxygen atoms in total. The van der Waals surface area contributed by atoms with Gasteiger partial charge >= 0.3 is 0 Å². The molecule has 0 unspecified atom stereocenters. The maximum Gasteiger partial charge on any atom is 0.261 e. The Morgan fingerprint density at radius 1 is 1.32 bits per heavy atom. The van der Waals surface area contributed by atoms with Gasteiger partial charge in [-0.3, -0.25) is 10.2 Å². The fourth-order valence-corrected chi connectivity index (χ4v) is 2.35. The summed E-state index contributed by atoms with van der Waals surface area (Å²) in [5.74, 6) is 0.550. The zero-order chi connectivity index (χ0) is 16.3. The SMILES string of the molecule is CCn1c(-c2cccc(OC(C)C)c2)ccc(C(=N)N)c1=O. The van der Waals surface area contributed by atoms with Gasteiger partial charge in [-0.05, 0) is 45.0 Å². The first kappa shape index (κ1) is 15.8. The van der Waals surface area contributed by atoms with Gasteiger partial charge in [0.25, 0.3) is 5.56 Å². The van der Waals surface area contributed by atoms with Crippen LogP contribution >= 0.6 is 0 Å². The zero-order valence-corrected chi connectivity index (χ0v) is 13.1. The van der Waals surface area contributed by atoms with Crippen LogP contribution in [0.4, 0.5) is 0 Å². The minimum absolute atomic E-state index is 0.0868. The van der Waals surface area contributed by atoms with Crippen molar-refractivity contribution in [3.63, 3.8) is 0 Å². The van der Waals surface area contributed by atoms with Gasteiger partial charge in [0.05, 0.1) is 17.4 Å². The molecular formula is C17H21N3O2. The van der Waals surface area contributed by atoms with Gasteiger partial charge < -0.3 is 15.0 Å². The third-order valence-electron chi connectivity index (χ3n) is 3.28. The van der Waals surface area contributed by atoms with Crippen LogP contribution in [0.1, 0.15) is 26.3 Å². The molecule has 116 valence electrons. The molecule has 0 fully saturated rings. The maximum atomic E-state index is 12.4. The summed E-state index contributed by atoms with van der Waals surface area (Å²) in [6, 6.07) is 11.0. The van der Waals surface area contributed by atoms with Crippen LogP contribution < -0.4 is 16.0 Å². The number of aromatic nitrogens is 1. The van der Waals surface area contributed by atoms with Gasteiger partial charge in [-0.15, -0.1) is 0 Å². The molecule has 0 aliphatic carbocycles. The van der Waals surface area contributed by atoms with Gasteiger partial charge in [-0.25, -0.2) is 0 Å². The van der Waals surface area contributed by atoms with Gasteiger partial charge in [0, 0.05) is 12.1 Å². The molecule has 0 atom stereocenters. The Kier molecular flexibility index (Phi) is 4.65. The van der Waals surface area contributed by atoms with Crippen LogP contribution in [0.2, 0.25) is 0 Å². The molecule has 0 aliphatic heterocycles. The third-order valence-corrected chi connectivity index (χ3v) is 3.28. The first-order valence-electron chi connectivity index (χ1n) is 7.29. The molecule has 0 amide bonds. The molecule has 2 aromatic rings. The smallest absolute Gasteiger partial charge is 0.261 e. The number of pyridine rings is 1. The molecule has 22 heavy (non-hydrogen) atoms. The minimum atomic E-state index is -0.248. The van der Waals surface area contributed by atoms with Crippen LogP contribution in [0.25, 0.3) is 11.3 Å². The molecule has 1 aromatic carbocycles. The predicted molar refractivity (Wildman–Crippen MR) is 88.6 cm³/mol. The number of nitrogens with two attached hydrogens (primary N) is 1. The predicted octanol–water partition coefficient (Wildman–Crippen LogP) is 2.61. The Hall–Kier alpha value is -2.56. The molecule has 0 saturated heterocycles. The quantitative estimate of drug-likeness (QED) is 0.657. The Morgan fingerprint density at radius 3 is 2.64 bits per heavy atom. The number of amidine groups is 1. The van der Waals surface area contributed by atoms with Gasteiger partial charge in [-0.2, -0.15) is 0 Å². The van der Waals surface area contributed by atoms with E-state index < -0.39 is 0 Å². The molecular weight excluding hydrogens is 278 g/mol. The fraction of sp³-hybridized carbons (Fsp3) is 0.294. The molecule has 1 heterocycles. The van der Waals surface area contributed by atoms with Crippen LogP contribution in [-0.2, 0) is 6.54 Å². The summed E-state index contributed by atoms with van der Waals surface area (Å²) < 4.78 is 7.32. The van der Waals surface area contributed by atoms with Crippen molar-refractivity contribution >= 4 is 5.84 Å². The summed E-state index contributed by atoms with van der Waals surface area (Å²) in [6.07, 6.45) is 0.0868. The minimum Gasteiger partial charge on any atom is -0.491 e. The number of rotatable bonds is 5. The van der Waals surface area contributed by atoms with Crippen LogP contribution in [0, 0.1) is 5.41 Å². The Balaban J connectivity index is 2.56. The molecule has 0 radical (unpaired) electrons. The van der Waals surface area contributed by atoms with Crippen LogP contribution in [0.5, 0.6) is 5.75 Å². The van der Waals surface area contributed by atoms with Crippen molar-refractivity contribution in [2.75, 3.05) is 0 Å². The number of benzene rings is 1. The third kappa shape index (κ3) is 3.19. The highest BCUT2D eigenvalue weighted by molar-refractivity contribution is 5.94. The highest BCUT2D eigenvalue weighted by atomic mass is 16.5. The number of nitrogens with one attached hydrogen (secondary N) is 1. The highest BCUT2D eigenvalue weighted by Crippen LogP contribution is 2.24. The second-order valence-electron chi connectivity index (χ2n) is 5.29. The standard InChI is InChI=1S/C17H21N3O2/c1-4-20-15(9-8-14(16(18)19)17(20)21)12-6-5-7-13(10-12)22-11(2)3/h5-11H,4H2,1-3H3,(H3,18,19). The number of nitrogen functional groups attached to an aromatic ring is 1. The first-order chi connectivity index (χ1) is 10.4. The highest BCUT2D eigenvalue weighted by Gasteiger charge is 2.11.